The lowest BCUT2D eigenvalue weighted by atomic mass is 9.85. The third-order valence-corrected chi connectivity index (χ3v) is 4.15. The second kappa shape index (κ2) is 5.32. The third-order valence-electron chi connectivity index (χ3n) is 4.15. The first kappa shape index (κ1) is 14.0. The van der Waals surface area contributed by atoms with E-state index in [0.29, 0.717) is 23.6 Å². The number of amidine groups is 1. The smallest absolute Gasteiger partial charge is 0.128 e. The van der Waals surface area contributed by atoms with E-state index in [1.807, 2.05) is 0 Å². The van der Waals surface area contributed by atoms with Crippen molar-refractivity contribution >= 4 is 5.84 Å². The maximum absolute atomic E-state index is 13.3. The van der Waals surface area contributed by atoms with Crippen LogP contribution in [0.2, 0.25) is 0 Å². The fourth-order valence-corrected chi connectivity index (χ4v) is 2.96. The molecule has 1 aliphatic rings. The molecule has 0 atom stereocenters. The van der Waals surface area contributed by atoms with E-state index in [0.717, 1.165) is 24.2 Å². The van der Waals surface area contributed by atoms with Gasteiger partial charge in [-0.05, 0) is 35.4 Å². The molecule has 0 saturated carbocycles. The van der Waals surface area contributed by atoms with Crippen LogP contribution in [0.3, 0.4) is 0 Å². The summed E-state index contributed by atoms with van der Waals surface area (Å²) >= 11 is 0. The zero-order valence-corrected chi connectivity index (χ0v) is 12.2. The molecule has 1 N–H and O–H groups in total. The molecule has 0 unspecified atom stereocenters. The second-order valence-electron chi connectivity index (χ2n) is 6.18. The number of nitrogens with zero attached hydrogens (tertiary/aromatic N) is 1. The zero-order valence-electron chi connectivity index (χ0n) is 12.2. The van der Waals surface area contributed by atoms with Crippen molar-refractivity contribution < 1.29 is 4.39 Å². The van der Waals surface area contributed by atoms with Crippen molar-refractivity contribution in [3.05, 3.63) is 35.1 Å². The fourth-order valence-electron chi connectivity index (χ4n) is 2.96. The van der Waals surface area contributed by atoms with E-state index in [2.05, 4.69) is 32.6 Å². The Hall–Kier alpha value is -1.38. The van der Waals surface area contributed by atoms with E-state index >= 15 is 0 Å². The average Bonchev–Trinajstić information content (AvgIpc) is 2.62. The number of benzene rings is 1. The summed E-state index contributed by atoms with van der Waals surface area (Å²) in [6, 6.07) is 4.77. The summed E-state index contributed by atoms with van der Waals surface area (Å²) in [6.45, 7) is 10.6. The van der Waals surface area contributed by atoms with Crippen molar-refractivity contribution in [2.45, 2.75) is 34.2 Å². The van der Waals surface area contributed by atoms with Gasteiger partial charge in [-0.3, -0.25) is 5.41 Å². The molecule has 104 valence electrons. The molecule has 0 radical (unpaired) electrons. The van der Waals surface area contributed by atoms with Crippen LogP contribution in [0.25, 0.3) is 0 Å². The molecule has 0 aromatic heterocycles. The van der Waals surface area contributed by atoms with Crippen LogP contribution < -0.4 is 0 Å². The van der Waals surface area contributed by atoms with Gasteiger partial charge in [-0.25, -0.2) is 4.39 Å². The van der Waals surface area contributed by atoms with Gasteiger partial charge in [0.2, 0.25) is 0 Å². The van der Waals surface area contributed by atoms with Crippen LogP contribution in [0.5, 0.6) is 0 Å². The number of hydrogen-bond acceptors (Lipinski definition) is 1. The number of rotatable bonds is 4. The topological polar surface area (TPSA) is 27.1 Å². The molecule has 1 aromatic rings. The SMILES string of the molecule is CC(C)C(CN1Cc2ccc(F)cc2C1=N)C(C)C. The van der Waals surface area contributed by atoms with Crippen LogP contribution in [0, 0.1) is 29.0 Å². The molecule has 2 rings (SSSR count). The molecule has 0 amide bonds. The van der Waals surface area contributed by atoms with Crippen LogP contribution in [0.4, 0.5) is 4.39 Å². The molecule has 0 bridgehead atoms. The Bertz CT molecular complexity index is 472. The van der Waals surface area contributed by atoms with Gasteiger partial charge in [0, 0.05) is 18.7 Å². The van der Waals surface area contributed by atoms with E-state index < -0.39 is 0 Å². The third kappa shape index (κ3) is 2.80. The highest BCUT2D eigenvalue weighted by atomic mass is 19.1. The molecule has 0 spiro atoms. The van der Waals surface area contributed by atoms with Crippen LogP contribution >= 0.6 is 0 Å². The Morgan fingerprint density at radius 3 is 2.42 bits per heavy atom. The van der Waals surface area contributed by atoms with Crippen LogP contribution in [-0.2, 0) is 6.54 Å². The minimum absolute atomic E-state index is 0.255. The van der Waals surface area contributed by atoms with Gasteiger partial charge in [0.1, 0.15) is 11.7 Å². The van der Waals surface area contributed by atoms with Crippen molar-refractivity contribution in [3.63, 3.8) is 0 Å². The average molecular weight is 262 g/mol. The largest absolute Gasteiger partial charge is 0.352 e. The first-order valence-corrected chi connectivity index (χ1v) is 7.02. The van der Waals surface area contributed by atoms with Crippen molar-refractivity contribution in [1.29, 1.82) is 5.41 Å². The fraction of sp³-hybridized carbons (Fsp3) is 0.562. The lowest BCUT2D eigenvalue weighted by Crippen LogP contribution is -2.34. The van der Waals surface area contributed by atoms with Crippen LogP contribution in [-0.4, -0.2) is 17.3 Å². The first-order chi connectivity index (χ1) is 8.90. The van der Waals surface area contributed by atoms with Gasteiger partial charge in [0.15, 0.2) is 0 Å². The number of hydrogen-bond donors (Lipinski definition) is 1. The van der Waals surface area contributed by atoms with E-state index in [-0.39, 0.29) is 5.82 Å². The molecule has 0 aliphatic carbocycles. The van der Waals surface area contributed by atoms with Gasteiger partial charge in [-0.2, -0.15) is 0 Å². The second-order valence-corrected chi connectivity index (χ2v) is 6.18. The van der Waals surface area contributed by atoms with Crippen molar-refractivity contribution in [2.75, 3.05) is 6.54 Å². The van der Waals surface area contributed by atoms with Gasteiger partial charge in [-0.15, -0.1) is 0 Å². The number of halogens is 1. The summed E-state index contributed by atoms with van der Waals surface area (Å²) in [5.74, 6) is 1.96. The molecule has 0 fully saturated rings. The molecule has 1 heterocycles. The monoisotopic (exact) mass is 262 g/mol. The maximum Gasteiger partial charge on any atom is 0.128 e. The summed E-state index contributed by atoms with van der Waals surface area (Å²) in [5, 5.41) is 8.22. The van der Waals surface area contributed by atoms with Crippen LogP contribution in [0.15, 0.2) is 18.2 Å². The van der Waals surface area contributed by atoms with Crippen LogP contribution in [0.1, 0.15) is 38.8 Å². The highest BCUT2D eigenvalue weighted by molar-refractivity contribution is 6.00. The summed E-state index contributed by atoms with van der Waals surface area (Å²) in [6.07, 6.45) is 0. The number of fused-ring (bicyclic) bond motifs is 1. The predicted molar refractivity (Wildman–Crippen MR) is 76.8 cm³/mol. The van der Waals surface area contributed by atoms with Crippen molar-refractivity contribution in [2.24, 2.45) is 17.8 Å². The molecular weight excluding hydrogens is 239 g/mol. The van der Waals surface area contributed by atoms with E-state index in [1.165, 1.54) is 12.1 Å². The molecule has 3 heteroatoms. The predicted octanol–water partition coefficient (Wildman–Crippen LogP) is 3.89. The number of nitrogens with one attached hydrogen (secondary N) is 1. The lowest BCUT2D eigenvalue weighted by Gasteiger charge is -2.30. The minimum atomic E-state index is -0.255. The Labute approximate surface area is 115 Å². The van der Waals surface area contributed by atoms with E-state index in [4.69, 9.17) is 5.41 Å². The minimum Gasteiger partial charge on any atom is -0.352 e. The molecule has 0 saturated heterocycles. The summed E-state index contributed by atoms with van der Waals surface area (Å²) in [5.41, 5.74) is 1.82. The lowest BCUT2D eigenvalue weighted by molar-refractivity contribution is 0.221. The normalized spacial score (nSPS) is 14.9. The Morgan fingerprint density at radius 2 is 1.84 bits per heavy atom. The Balaban J connectivity index is 2.15. The molecule has 2 nitrogen and oxygen atoms in total. The van der Waals surface area contributed by atoms with Crippen molar-refractivity contribution in [1.82, 2.24) is 4.90 Å². The van der Waals surface area contributed by atoms with E-state index in [9.17, 15) is 4.39 Å². The van der Waals surface area contributed by atoms with Gasteiger partial charge in [0.25, 0.3) is 0 Å². The highest BCUT2D eigenvalue weighted by Gasteiger charge is 2.28. The zero-order chi connectivity index (χ0) is 14.2. The van der Waals surface area contributed by atoms with E-state index in [1.54, 1.807) is 6.07 Å². The van der Waals surface area contributed by atoms with Gasteiger partial charge in [-0.1, -0.05) is 33.8 Å². The standard InChI is InChI=1S/C16H23FN2/c1-10(2)15(11(3)4)9-19-8-12-5-6-13(17)7-14(12)16(19)18/h5-7,10-11,15,18H,8-9H2,1-4H3. The molecule has 1 aromatic carbocycles. The molecule has 19 heavy (non-hydrogen) atoms. The van der Waals surface area contributed by atoms with Crippen molar-refractivity contribution in [3.8, 4) is 0 Å². The van der Waals surface area contributed by atoms with Gasteiger partial charge >= 0.3 is 0 Å². The Morgan fingerprint density at radius 1 is 1.21 bits per heavy atom. The quantitative estimate of drug-likeness (QED) is 0.875. The summed E-state index contributed by atoms with van der Waals surface area (Å²) in [4.78, 5) is 2.08. The first-order valence-electron chi connectivity index (χ1n) is 7.02. The molecular formula is C16H23FN2. The van der Waals surface area contributed by atoms with Gasteiger partial charge in [0.05, 0.1) is 0 Å². The molecule has 1 aliphatic heterocycles. The highest BCUT2D eigenvalue weighted by Crippen LogP contribution is 2.28. The Kier molecular flexibility index (Phi) is 3.93. The maximum atomic E-state index is 13.3. The summed E-state index contributed by atoms with van der Waals surface area (Å²) in [7, 11) is 0. The van der Waals surface area contributed by atoms with Gasteiger partial charge < -0.3 is 4.90 Å². The summed E-state index contributed by atoms with van der Waals surface area (Å²) < 4.78 is 13.3.